The lowest BCUT2D eigenvalue weighted by atomic mass is 9.96. The monoisotopic (exact) mass is 652 g/mol. The van der Waals surface area contributed by atoms with Gasteiger partial charge in [0.2, 0.25) is 0 Å². The summed E-state index contributed by atoms with van der Waals surface area (Å²) < 4.78 is 31.5. The van der Waals surface area contributed by atoms with E-state index in [4.69, 9.17) is 23.4 Å². The summed E-state index contributed by atoms with van der Waals surface area (Å²) in [5.41, 5.74) is 1.43. The Morgan fingerprint density at radius 3 is 1.81 bits per heavy atom. The first-order valence-electron chi connectivity index (χ1n) is 16.1. The third-order valence-electron chi connectivity index (χ3n) is 8.69. The molecule has 0 N–H and O–H groups in total. The summed E-state index contributed by atoms with van der Waals surface area (Å²) in [7, 11) is -1.57. The number of rotatable bonds is 12. The number of ether oxygens (including phenoxy) is 4. The van der Waals surface area contributed by atoms with Crippen LogP contribution in [0.2, 0.25) is 5.04 Å². The molecule has 0 unspecified atom stereocenters. The molecule has 0 bridgehead atoms. The van der Waals surface area contributed by atoms with Gasteiger partial charge in [0.25, 0.3) is 8.32 Å². The average molecular weight is 653 g/mol. The van der Waals surface area contributed by atoms with Gasteiger partial charge in [0.15, 0.2) is 0 Å². The summed E-state index contributed by atoms with van der Waals surface area (Å²) in [6.45, 7) is 7.23. The number of methoxy groups -OCH3 is 1. The van der Waals surface area contributed by atoms with Gasteiger partial charge in [0, 0.05) is 6.42 Å². The molecule has 1 saturated heterocycles. The number of esters is 2. The van der Waals surface area contributed by atoms with Crippen molar-refractivity contribution < 1.29 is 33.0 Å². The van der Waals surface area contributed by atoms with E-state index in [0.29, 0.717) is 18.6 Å². The van der Waals surface area contributed by atoms with Gasteiger partial charge in [-0.1, -0.05) is 130 Å². The van der Waals surface area contributed by atoms with Crippen LogP contribution in [0, 0.1) is 0 Å². The summed E-state index contributed by atoms with van der Waals surface area (Å²) in [6, 6.07) is 39.5. The molecular weight excluding hydrogens is 609 g/mol. The minimum Gasteiger partial charge on any atom is -0.469 e. The fourth-order valence-electron chi connectivity index (χ4n) is 6.33. The highest BCUT2D eigenvalue weighted by molar-refractivity contribution is 6.99. The normalized spacial score (nSPS) is 19.9. The van der Waals surface area contributed by atoms with Crippen molar-refractivity contribution in [2.45, 2.75) is 69.7 Å². The van der Waals surface area contributed by atoms with Crippen LogP contribution in [0.1, 0.15) is 49.5 Å². The highest BCUT2D eigenvalue weighted by Crippen LogP contribution is 2.38. The molecular formula is C39H44O7Si. The molecule has 8 heteroatoms. The molecule has 246 valence electrons. The molecule has 4 atom stereocenters. The van der Waals surface area contributed by atoms with E-state index in [1.54, 1.807) is 24.3 Å². The van der Waals surface area contributed by atoms with Gasteiger partial charge in [-0.15, -0.1) is 0 Å². The third-order valence-corrected chi connectivity index (χ3v) is 13.7. The van der Waals surface area contributed by atoms with Crippen LogP contribution < -0.4 is 10.4 Å². The lowest BCUT2D eigenvalue weighted by molar-refractivity contribution is -0.200. The lowest BCUT2D eigenvalue weighted by Crippen LogP contribution is -2.67. The van der Waals surface area contributed by atoms with Gasteiger partial charge in [-0.05, 0) is 33.1 Å². The van der Waals surface area contributed by atoms with Gasteiger partial charge in [-0.25, -0.2) is 4.79 Å². The van der Waals surface area contributed by atoms with E-state index in [-0.39, 0.29) is 18.1 Å². The molecule has 0 amide bonds. The van der Waals surface area contributed by atoms with Crippen molar-refractivity contribution in [3.05, 3.63) is 132 Å². The van der Waals surface area contributed by atoms with Crippen LogP contribution in [0.5, 0.6) is 0 Å². The van der Waals surface area contributed by atoms with Crippen molar-refractivity contribution in [2.75, 3.05) is 13.7 Å². The molecule has 4 aromatic rings. The van der Waals surface area contributed by atoms with E-state index in [2.05, 4.69) is 69.3 Å². The molecule has 1 fully saturated rings. The second-order valence-corrected chi connectivity index (χ2v) is 17.2. The maximum atomic E-state index is 13.2. The maximum Gasteiger partial charge on any atom is 0.338 e. The van der Waals surface area contributed by atoms with Crippen LogP contribution >= 0.6 is 0 Å². The Morgan fingerprint density at radius 1 is 0.745 bits per heavy atom. The number of hydrogen-bond donors (Lipinski definition) is 0. The third kappa shape index (κ3) is 8.26. The van der Waals surface area contributed by atoms with E-state index in [9.17, 15) is 9.59 Å². The summed E-state index contributed by atoms with van der Waals surface area (Å²) in [5.74, 6) is -0.941. The Labute approximate surface area is 278 Å². The van der Waals surface area contributed by atoms with Crippen LogP contribution in [0.3, 0.4) is 0 Å². The minimum atomic E-state index is -2.91. The molecule has 0 radical (unpaired) electrons. The lowest BCUT2D eigenvalue weighted by Gasteiger charge is -2.46. The van der Waals surface area contributed by atoms with Gasteiger partial charge in [0.1, 0.15) is 18.3 Å². The first-order chi connectivity index (χ1) is 22.7. The van der Waals surface area contributed by atoms with E-state index < -0.39 is 44.7 Å². The van der Waals surface area contributed by atoms with Crippen molar-refractivity contribution in [3.8, 4) is 0 Å². The summed E-state index contributed by atoms with van der Waals surface area (Å²) in [5, 5.41) is 2.05. The molecule has 1 aliphatic heterocycles. The quantitative estimate of drug-likeness (QED) is 0.135. The standard InChI is InChI=1S/C39H44O7Si/c1-39(2,3)47(31-21-13-7-14-22-31,32-23-15-8-16-24-32)44-28-36-33(43-27-29-17-9-5-10-18-29)25-34(35(45-36)26-37(40)42-4)46-38(41)30-19-11-6-12-20-30/h5-24,33-36H,25-28H2,1-4H3/t33-,34-,35-,36+/m1/s1. The SMILES string of the molecule is COC(=O)C[C@H]1O[C@@H](CO[Si](c2ccccc2)(c2ccccc2)C(C)(C)C)[C@H](OCc2ccccc2)C[C@H]1OC(=O)c1ccccc1. The summed E-state index contributed by atoms with van der Waals surface area (Å²) in [4.78, 5) is 25.8. The number of carbonyl (C=O) groups excluding carboxylic acids is 2. The molecule has 4 aromatic carbocycles. The fourth-order valence-corrected chi connectivity index (χ4v) is 10.9. The van der Waals surface area contributed by atoms with Crippen molar-refractivity contribution >= 4 is 30.6 Å². The van der Waals surface area contributed by atoms with Gasteiger partial charge in [0.05, 0.1) is 38.4 Å². The predicted molar refractivity (Wildman–Crippen MR) is 184 cm³/mol. The number of benzene rings is 4. The average Bonchev–Trinajstić information content (AvgIpc) is 3.10. The zero-order valence-electron chi connectivity index (χ0n) is 27.5. The molecule has 0 saturated carbocycles. The Morgan fingerprint density at radius 2 is 1.28 bits per heavy atom. The maximum absolute atomic E-state index is 13.2. The van der Waals surface area contributed by atoms with Crippen molar-refractivity contribution in [1.82, 2.24) is 0 Å². The second-order valence-electron chi connectivity index (χ2n) is 12.8. The second kappa shape index (κ2) is 15.7. The zero-order chi connectivity index (χ0) is 33.3. The Hall–Kier alpha value is -4.08. The van der Waals surface area contributed by atoms with Gasteiger partial charge < -0.3 is 23.4 Å². The zero-order valence-corrected chi connectivity index (χ0v) is 28.5. The largest absolute Gasteiger partial charge is 0.469 e. The molecule has 0 aliphatic carbocycles. The molecule has 5 rings (SSSR count). The number of hydrogen-bond acceptors (Lipinski definition) is 7. The summed E-state index contributed by atoms with van der Waals surface area (Å²) in [6.07, 6.45) is -2.30. The van der Waals surface area contributed by atoms with Crippen LogP contribution in [-0.4, -0.2) is 58.4 Å². The fraction of sp³-hybridized carbons (Fsp3) is 0.333. The Balaban J connectivity index is 1.48. The van der Waals surface area contributed by atoms with Crippen molar-refractivity contribution in [2.24, 2.45) is 0 Å². The predicted octanol–water partition coefficient (Wildman–Crippen LogP) is 6.09. The van der Waals surface area contributed by atoms with E-state index in [1.807, 2.05) is 48.5 Å². The first-order valence-corrected chi connectivity index (χ1v) is 18.0. The summed E-state index contributed by atoms with van der Waals surface area (Å²) >= 11 is 0. The van der Waals surface area contributed by atoms with Gasteiger partial charge in [-0.3, -0.25) is 4.79 Å². The van der Waals surface area contributed by atoms with Crippen LogP contribution in [0.15, 0.2) is 121 Å². The van der Waals surface area contributed by atoms with E-state index >= 15 is 0 Å². The first kappa shape index (κ1) is 34.3. The molecule has 1 heterocycles. The highest BCUT2D eigenvalue weighted by atomic mass is 28.4. The smallest absolute Gasteiger partial charge is 0.338 e. The van der Waals surface area contributed by atoms with Crippen LogP contribution in [0.4, 0.5) is 0 Å². The molecule has 1 aliphatic rings. The highest BCUT2D eigenvalue weighted by Gasteiger charge is 2.51. The van der Waals surface area contributed by atoms with Crippen molar-refractivity contribution in [1.29, 1.82) is 0 Å². The number of carbonyl (C=O) groups is 2. The molecule has 7 nitrogen and oxygen atoms in total. The molecule has 0 aromatic heterocycles. The molecule has 0 spiro atoms. The topological polar surface area (TPSA) is 80.3 Å². The van der Waals surface area contributed by atoms with Gasteiger partial charge in [-0.2, -0.15) is 0 Å². The van der Waals surface area contributed by atoms with Crippen molar-refractivity contribution in [3.63, 3.8) is 0 Å². The van der Waals surface area contributed by atoms with Gasteiger partial charge >= 0.3 is 11.9 Å². The van der Waals surface area contributed by atoms with Crippen LogP contribution in [0.25, 0.3) is 0 Å². The van der Waals surface area contributed by atoms with E-state index in [1.165, 1.54) is 7.11 Å². The van der Waals surface area contributed by atoms with E-state index in [0.717, 1.165) is 15.9 Å². The molecule has 47 heavy (non-hydrogen) atoms. The minimum absolute atomic E-state index is 0.0790. The van der Waals surface area contributed by atoms with Crippen LogP contribution in [-0.2, 0) is 34.8 Å². The Bertz CT molecular complexity index is 1520. The Kier molecular flexibility index (Phi) is 11.4.